The van der Waals surface area contributed by atoms with Gasteiger partial charge >= 0.3 is 12.0 Å². The minimum atomic E-state index is -0.891. The number of rotatable bonds is 7. The largest absolute Gasteiger partial charge is 0.490 e. The van der Waals surface area contributed by atoms with E-state index >= 15 is 0 Å². The first kappa shape index (κ1) is 18.0. The summed E-state index contributed by atoms with van der Waals surface area (Å²) < 4.78 is 5.88. The van der Waals surface area contributed by atoms with Gasteiger partial charge < -0.3 is 20.1 Å². The van der Waals surface area contributed by atoms with Crippen LogP contribution in [0.15, 0.2) is 24.5 Å². The van der Waals surface area contributed by atoms with Crippen molar-refractivity contribution in [2.24, 2.45) is 0 Å². The van der Waals surface area contributed by atoms with E-state index in [0.29, 0.717) is 19.5 Å². The molecule has 7 nitrogen and oxygen atoms in total. The van der Waals surface area contributed by atoms with E-state index in [9.17, 15) is 9.59 Å². The summed E-state index contributed by atoms with van der Waals surface area (Å²) in [5.74, 6) is -0.101. The fraction of sp³-hybridized carbons (Fsp3) is 0.588. The SMILES string of the molecule is CCCC(CC(=O)O)NC(=O)N1CCC(Oc2ccncc2)CC1. The van der Waals surface area contributed by atoms with Gasteiger partial charge in [0.2, 0.25) is 0 Å². The number of hydrogen-bond donors (Lipinski definition) is 2. The van der Waals surface area contributed by atoms with Gasteiger partial charge in [0.15, 0.2) is 0 Å². The molecule has 2 amide bonds. The summed E-state index contributed by atoms with van der Waals surface area (Å²) in [5, 5.41) is 11.8. The lowest BCUT2D eigenvalue weighted by Crippen LogP contribution is -2.49. The van der Waals surface area contributed by atoms with Crippen LogP contribution in [0.2, 0.25) is 0 Å². The summed E-state index contributed by atoms with van der Waals surface area (Å²) in [6.45, 7) is 3.18. The van der Waals surface area contributed by atoms with Crippen LogP contribution in [0.3, 0.4) is 0 Å². The molecule has 1 aromatic heterocycles. The van der Waals surface area contributed by atoms with Crippen molar-refractivity contribution in [3.63, 3.8) is 0 Å². The van der Waals surface area contributed by atoms with Gasteiger partial charge in [-0.2, -0.15) is 0 Å². The third-order valence-corrected chi connectivity index (χ3v) is 4.07. The molecule has 24 heavy (non-hydrogen) atoms. The Morgan fingerprint density at radius 1 is 1.38 bits per heavy atom. The van der Waals surface area contributed by atoms with Crippen molar-refractivity contribution in [1.82, 2.24) is 15.2 Å². The molecule has 1 unspecified atom stereocenters. The Kier molecular flexibility index (Phi) is 6.84. The van der Waals surface area contributed by atoms with Crippen LogP contribution in [-0.4, -0.2) is 52.2 Å². The van der Waals surface area contributed by atoms with Gasteiger partial charge in [-0.15, -0.1) is 0 Å². The van der Waals surface area contributed by atoms with Gasteiger partial charge in [0.05, 0.1) is 6.42 Å². The molecule has 1 atom stereocenters. The van der Waals surface area contributed by atoms with Gasteiger partial charge in [-0.3, -0.25) is 9.78 Å². The maximum Gasteiger partial charge on any atom is 0.317 e. The number of ether oxygens (including phenoxy) is 1. The number of nitrogens with one attached hydrogen (secondary N) is 1. The average molecular weight is 335 g/mol. The second kappa shape index (κ2) is 9.10. The van der Waals surface area contributed by atoms with Gasteiger partial charge in [-0.1, -0.05) is 13.3 Å². The molecule has 0 aliphatic carbocycles. The van der Waals surface area contributed by atoms with Crippen molar-refractivity contribution >= 4 is 12.0 Å². The zero-order chi connectivity index (χ0) is 17.4. The molecule has 0 bridgehead atoms. The van der Waals surface area contributed by atoms with Crippen molar-refractivity contribution < 1.29 is 19.4 Å². The highest BCUT2D eigenvalue weighted by Crippen LogP contribution is 2.18. The van der Waals surface area contributed by atoms with Gasteiger partial charge in [0, 0.05) is 44.4 Å². The lowest BCUT2D eigenvalue weighted by molar-refractivity contribution is -0.137. The quantitative estimate of drug-likeness (QED) is 0.797. The minimum absolute atomic E-state index is 0.0405. The van der Waals surface area contributed by atoms with Crippen LogP contribution in [0, 0.1) is 0 Å². The summed E-state index contributed by atoms with van der Waals surface area (Å²) in [5.41, 5.74) is 0. The number of carbonyl (C=O) groups is 2. The van der Waals surface area contributed by atoms with Crippen LogP contribution in [0.25, 0.3) is 0 Å². The van der Waals surface area contributed by atoms with Crippen molar-refractivity contribution in [3.8, 4) is 5.75 Å². The predicted octanol–water partition coefficient (Wildman–Crippen LogP) is 2.28. The Morgan fingerprint density at radius 2 is 2.04 bits per heavy atom. The number of amides is 2. The van der Waals surface area contributed by atoms with E-state index in [1.54, 1.807) is 17.3 Å². The highest BCUT2D eigenvalue weighted by molar-refractivity contribution is 5.76. The molecule has 0 aromatic carbocycles. The third kappa shape index (κ3) is 5.72. The second-order valence-corrected chi connectivity index (χ2v) is 6.02. The van der Waals surface area contributed by atoms with E-state index in [1.165, 1.54) is 0 Å². The second-order valence-electron chi connectivity index (χ2n) is 6.02. The first-order valence-corrected chi connectivity index (χ1v) is 8.42. The van der Waals surface area contributed by atoms with Gasteiger partial charge in [-0.25, -0.2) is 4.79 Å². The van der Waals surface area contributed by atoms with Crippen LogP contribution in [0.1, 0.15) is 39.0 Å². The maximum atomic E-state index is 12.3. The molecule has 7 heteroatoms. The summed E-state index contributed by atoms with van der Waals surface area (Å²) >= 11 is 0. The van der Waals surface area contributed by atoms with Crippen molar-refractivity contribution in [2.45, 2.75) is 51.2 Å². The number of carbonyl (C=O) groups excluding carboxylic acids is 1. The Balaban J connectivity index is 1.78. The third-order valence-electron chi connectivity index (χ3n) is 4.07. The number of aliphatic carboxylic acids is 1. The van der Waals surface area contributed by atoms with Crippen LogP contribution in [0.5, 0.6) is 5.75 Å². The minimum Gasteiger partial charge on any atom is -0.490 e. The molecule has 1 saturated heterocycles. The van der Waals surface area contributed by atoms with Crippen LogP contribution in [-0.2, 0) is 4.79 Å². The summed E-state index contributed by atoms with van der Waals surface area (Å²) in [4.78, 5) is 28.9. The predicted molar refractivity (Wildman–Crippen MR) is 88.9 cm³/mol. The highest BCUT2D eigenvalue weighted by Gasteiger charge is 2.25. The maximum absolute atomic E-state index is 12.3. The summed E-state index contributed by atoms with van der Waals surface area (Å²) in [6.07, 6.45) is 6.44. The fourth-order valence-corrected chi connectivity index (χ4v) is 2.84. The molecule has 0 saturated carbocycles. The standard InChI is InChI=1S/C17H25N3O4/c1-2-3-13(12-16(21)22)19-17(23)20-10-6-15(7-11-20)24-14-4-8-18-9-5-14/h4-5,8-9,13,15H,2-3,6-7,10-12H2,1H3,(H,19,23)(H,21,22). The Bertz CT molecular complexity index is 530. The molecular formula is C17H25N3O4. The molecule has 1 aliphatic heterocycles. The number of hydrogen-bond acceptors (Lipinski definition) is 4. The molecule has 2 heterocycles. The smallest absolute Gasteiger partial charge is 0.317 e. The van der Waals surface area contributed by atoms with E-state index in [4.69, 9.17) is 9.84 Å². The number of urea groups is 1. The summed E-state index contributed by atoms with van der Waals surface area (Å²) in [6, 6.07) is 3.14. The number of aromatic nitrogens is 1. The normalized spacial score (nSPS) is 16.5. The number of piperidine rings is 1. The highest BCUT2D eigenvalue weighted by atomic mass is 16.5. The Hall–Kier alpha value is -2.31. The number of carboxylic acid groups (broad SMARTS) is 1. The van der Waals surface area contributed by atoms with Crippen molar-refractivity contribution in [2.75, 3.05) is 13.1 Å². The summed E-state index contributed by atoms with van der Waals surface area (Å²) in [7, 11) is 0. The van der Waals surface area contributed by atoms with Gasteiger partial charge in [0.1, 0.15) is 11.9 Å². The molecule has 0 spiro atoms. The van der Waals surface area contributed by atoms with E-state index in [-0.39, 0.29) is 24.6 Å². The number of pyridine rings is 1. The van der Waals surface area contributed by atoms with E-state index in [1.807, 2.05) is 19.1 Å². The fourth-order valence-electron chi connectivity index (χ4n) is 2.84. The monoisotopic (exact) mass is 335 g/mol. The molecule has 132 valence electrons. The molecule has 2 rings (SSSR count). The molecule has 1 aromatic rings. The van der Waals surface area contributed by atoms with Gasteiger partial charge in [-0.05, 0) is 18.6 Å². The number of carboxylic acids is 1. The number of nitrogens with zero attached hydrogens (tertiary/aromatic N) is 2. The van der Waals surface area contributed by atoms with Gasteiger partial charge in [0.25, 0.3) is 0 Å². The topological polar surface area (TPSA) is 91.8 Å². The van der Waals surface area contributed by atoms with Crippen molar-refractivity contribution in [1.29, 1.82) is 0 Å². The van der Waals surface area contributed by atoms with Crippen LogP contribution in [0.4, 0.5) is 4.79 Å². The van der Waals surface area contributed by atoms with Crippen molar-refractivity contribution in [3.05, 3.63) is 24.5 Å². The molecule has 0 radical (unpaired) electrons. The van der Waals surface area contributed by atoms with Crippen LogP contribution >= 0.6 is 0 Å². The number of likely N-dealkylation sites (tertiary alicyclic amines) is 1. The molecule has 2 N–H and O–H groups in total. The van der Waals surface area contributed by atoms with E-state index in [0.717, 1.165) is 25.0 Å². The average Bonchev–Trinajstić information content (AvgIpc) is 2.56. The van der Waals surface area contributed by atoms with Crippen LogP contribution < -0.4 is 10.1 Å². The zero-order valence-electron chi connectivity index (χ0n) is 14.0. The molecular weight excluding hydrogens is 310 g/mol. The van der Waals surface area contributed by atoms with E-state index in [2.05, 4.69) is 10.3 Å². The lowest BCUT2D eigenvalue weighted by atomic mass is 10.1. The Labute approximate surface area is 142 Å². The molecule has 1 fully saturated rings. The zero-order valence-corrected chi connectivity index (χ0v) is 14.0. The van der Waals surface area contributed by atoms with E-state index < -0.39 is 5.97 Å². The lowest BCUT2D eigenvalue weighted by Gasteiger charge is -2.33. The Morgan fingerprint density at radius 3 is 2.62 bits per heavy atom. The molecule has 1 aliphatic rings. The first-order chi connectivity index (χ1) is 11.6. The first-order valence-electron chi connectivity index (χ1n) is 8.42.